The minimum absolute atomic E-state index is 0.143. The molecule has 1 rings (SSSR count). The number of aldehydes is 1. The monoisotopic (exact) mass is 256 g/mol. The zero-order valence-corrected chi connectivity index (χ0v) is 11.0. The molecule has 5 heteroatoms. The Hall–Kier alpha value is -1.36. The molecular weight excluding hydrogens is 240 g/mol. The molecule has 0 aliphatic rings. The van der Waals surface area contributed by atoms with Gasteiger partial charge in [0.1, 0.15) is 12.0 Å². The lowest BCUT2D eigenvalue weighted by molar-refractivity contribution is -0.107. The third kappa shape index (κ3) is 2.85. The number of benzene rings is 1. The van der Waals surface area contributed by atoms with E-state index in [1.807, 2.05) is 0 Å². The van der Waals surface area contributed by atoms with Crippen LogP contribution in [-0.2, 0) is 21.1 Å². The first-order valence-corrected chi connectivity index (χ1v) is 6.82. The molecule has 0 fully saturated rings. The van der Waals surface area contributed by atoms with Gasteiger partial charge in [-0.25, -0.2) is 8.42 Å². The van der Waals surface area contributed by atoms with Crippen molar-refractivity contribution in [1.82, 2.24) is 0 Å². The average Bonchev–Trinajstić information content (AvgIpc) is 2.29. The minimum atomic E-state index is -3.31. The number of methoxy groups -OCH3 is 1. The largest absolute Gasteiger partial charge is 0.496 e. The number of hydrogen-bond donors (Lipinski definition) is 0. The third-order valence-corrected chi connectivity index (χ3v) is 4.66. The summed E-state index contributed by atoms with van der Waals surface area (Å²) < 4.78 is 29.0. The van der Waals surface area contributed by atoms with E-state index in [0.717, 1.165) is 6.29 Å². The van der Waals surface area contributed by atoms with Gasteiger partial charge in [0, 0.05) is 12.0 Å². The number of carbonyl (C=O) groups is 1. The Morgan fingerprint density at radius 3 is 2.47 bits per heavy atom. The first kappa shape index (κ1) is 13.7. The standard InChI is InChI=1S/C12H16O4S/c1-9(2)17(14,15)11-4-5-12(16-3)10(8-11)6-7-13/h4-5,7-9H,6H2,1-3H3. The first-order chi connectivity index (χ1) is 7.93. The number of carbonyl (C=O) groups excluding carboxylic acids is 1. The van der Waals surface area contributed by atoms with Gasteiger partial charge in [0.05, 0.1) is 17.3 Å². The highest BCUT2D eigenvalue weighted by Crippen LogP contribution is 2.24. The molecular formula is C12H16O4S. The fourth-order valence-corrected chi connectivity index (χ4v) is 2.56. The predicted octanol–water partition coefficient (Wildman–Crippen LogP) is 1.62. The number of rotatable bonds is 5. The molecule has 4 nitrogen and oxygen atoms in total. The quantitative estimate of drug-likeness (QED) is 0.751. The van der Waals surface area contributed by atoms with Crippen molar-refractivity contribution in [3.8, 4) is 5.75 Å². The number of ether oxygens (including phenoxy) is 1. The first-order valence-electron chi connectivity index (χ1n) is 5.28. The minimum Gasteiger partial charge on any atom is -0.496 e. The maximum Gasteiger partial charge on any atom is 0.180 e. The van der Waals surface area contributed by atoms with Gasteiger partial charge in [0.25, 0.3) is 0 Å². The van der Waals surface area contributed by atoms with E-state index < -0.39 is 15.1 Å². The van der Waals surface area contributed by atoms with E-state index in [1.54, 1.807) is 19.9 Å². The molecule has 94 valence electrons. The zero-order valence-electron chi connectivity index (χ0n) is 10.1. The van der Waals surface area contributed by atoms with Crippen LogP contribution in [0.2, 0.25) is 0 Å². The van der Waals surface area contributed by atoms with E-state index in [9.17, 15) is 13.2 Å². The number of sulfone groups is 1. The highest BCUT2D eigenvalue weighted by Gasteiger charge is 2.20. The molecule has 0 N–H and O–H groups in total. The summed E-state index contributed by atoms with van der Waals surface area (Å²) in [7, 11) is -1.83. The zero-order chi connectivity index (χ0) is 13.1. The molecule has 0 aromatic heterocycles. The van der Waals surface area contributed by atoms with Crippen LogP contribution in [-0.4, -0.2) is 27.1 Å². The van der Waals surface area contributed by atoms with Crippen LogP contribution in [0, 0.1) is 0 Å². The van der Waals surface area contributed by atoms with E-state index in [-0.39, 0.29) is 11.3 Å². The van der Waals surface area contributed by atoms with E-state index in [0.29, 0.717) is 11.3 Å². The normalized spacial score (nSPS) is 11.5. The maximum atomic E-state index is 12.0. The molecule has 0 aliphatic carbocycles. The number of hydrogen-bond acceptors (Lipinski definition) is 4. The van der Waals surface area contributed by atoms with Crippen molar-refractivity contribution < 1.29 is 17.9 Å². The molecule has 0 heterocycles. The molecule has 0 atom stereocenters. The molecule has 0 spiro atoms. The van der Waals surface area contributed by atoms with Crippen LogP contribution in [0.1, 0.15) is 19.4 Å². The van der Waals surface area contributed by atoms with Crippen molar-refractivity contribution in [2.75, 3.05) is 7.11 Å². The van der Waals surface area contributed by atoms with Crippen molar-refractivity contribution >= 4 is 16.1 Å². The smallest absolute Gasteiger partial charge is 0.180 e. The molecule has 0 bridgehead atoms. The van der Waals surface area contributed by atoms with Crippen LogP contribution in [0.15, 0.2) is 23.1 Å². The van der Waals surface area contributed by atoms with Gasteiger partial charge in [-0.05, 0) is 32.0 Å². The Balaban J connectivity index is 3.30. The second-order valence-corrected chi connectivity index (χ2v) is 6.44. The Labute approximate surface area is 102 Å². The van der Waals surface area contributed by atoms with Crippen LogP contribution in [0.5, 0.6) is 5.75 Å². The highest BCUT2D eigenvalue weighted by molar-refractivity contribution is 7.92. The van der Waals surface area contributed by atoms with E-state index in [2.05, 4.69) is 0 Å². The summed E-state index contributed by atoms with van der Waals surface area (Å²) in [6.07, 6.45) is 0.869. The van der Waals surface area contributed by atoms with Crippen molar-refractivity contribution in [2.45, 2.75) is 30.4 Å². The summed E-state index contributed by atoms with van der Waals surface area (Å²) in [5, 5.41) is -0.486. The second kappa shape index (κ2) is 5.31. The molecule has 0 saturated heterocycles. The van der Waals surface area contributed by atoms with Gasteiger partial charge in [0.15, 0.2) is 9.84 Å². The third-order valence-electron chi connectivity index (χ3n) is 2.50. The van der Waals surface area contributed by atoms with Gasteiger partial charge in [-0.1, -0.05) is 0 Å². The summed E-state index contributed by atoms with van der Waals surface area (Å²) >= 11 is 0. The van der Waals surface area contributed by atoms with Crippen molar-refractivity contribution in [1.29, 1.82) is 0 Å². The molecule has 0 amide bonds. The summed E-state index contributed by atoms with van der Waals surface area (Å²) in [5.41, 5.74) is 0.587. The molecule has 17 heavy (non-hydrogen) atoms. The maximum absolute atomic E-state index is 12.0. The molecule has 0 aliphatic heterocycles. The van der Waals surface area contributed by atoms with E-state index >= 15 is 0 Å². The predicted molar refractivity (Wildman–Crippen MR) is 65.1 cm³/mol. The second-order valence-electron chi connectivity index (χ2n) is 3.94. The summed E-state index contributed by atoms with van der Waals surface area (Å²) in [5.74, 6) is 0.528. The lowest BCUT2D eigenvalue weighted by Gasteiger charge is -2.11. The summed E-state index contributed by atoms with van der Waals surface area (Å²) in [6, 6.07) is 4.58. The average molecular weight is 256 g/mol. The van der Waals surface area contributed by atoms with Crippen molar-refractivity contribution in [2.24, 2.45) is 0 Å². The fraction of sp³-hybridized carbons (Fsp3) is 0.417. The van der Waals surface area contributed by atoms with Gasteiger partial charge in [-0.2, -0.15) is 0 Å². The molecule has 0 unspecified atom stereocenters. The van der Waals surface area contributed by atoms with Crippen molar-refractivity contribution in [3.05, 3.63) is 23.8 Å². The Bertz CT molecular complexity index is 503. The van der Waals surface area contributed by atoms with E-state index in [1.165, 1.54) is 19.2 Å². The van der Waals surface area contributed by atoms with Gasteiger partial charge in [0.2, 0.25) is 0 Å². The summed E-state index contributed by atoms with van der Waals surface area (Å²) in [4.78, 5) is 10.8. The van der Waals surface area contributed by atoms with Gasteiger partial charge in [-0.3, -0.25) is 0 Å². The molecule has 0 saturated carbocycles. The van der Waals surface area contributed by atoms with Gasteiger partial charge in [-0.15, -0.1) is 0 Å². The molecule has 0 radical (unpaired) electrons. The lowest BCUT2D eigenvalue weighted by atomic mass is 10.1. The van der Waals surface area contributed by atoms with Crippen LogP contribution < -0.4 is 4.74 Å². The SMILES string of the molecule is COc1ccc(S(=O)(=O)C(C)C)cc1CC=O. The van der Waals surface area contributed by atoms with Gasteiger partial charge < -0.3 is 9.53 Å². The van der Waals surface area contributed by atoms with Crippen LogP contribution in [0.3, 0.4) is 0 Å². The molecule has 1 aromatic carbocycles. The topological polar surface area (TPSA) is 60.4 Å². The Morgan fingerprint density at radius 2 is 2.00 bits per heavy atom. The van der Waals surface area contributed by atoms with E-state index in [4.69, 9.17) is 4.74 Å². The van der Waals surface area contributed by atoms with Gasteiger partial charge >= 0.3 is 0 Å². The van der Waals surface area contributed by atoms with Crippen molar-refractivity contribution in [3.63, 3.8) is 0 Å². The van der Waals surface area contributed by atoms with Crippen LogP contribution in [0.4, 0.5) is 0 Å². The summed E-state index contributed by atoms with van der Waals surface area (Å²) in [6.45, 7) is 3.25. The molecule has 1 aromatic rings. The Morgan fingerprint density at radius 1 is 1.35 bits per heavy atom. The lowest BCUT2D eigenvalue weighted by Crippen LogP contribution is -2.14. The highest BCUT2D eigenvalue weighted by atomic mass is 32.2. The van der Waals surface area contributed by atoms with Crippen LogP contribution in [0.25, 0.3) is 0 Å². The Kier molecular flexibility index (Phi) is 4.28. The van der Waals surface area contributed by atoms with Crippen LogP contribution >= 0.6 is 0 Å². The fourth-order valence-electron chi connectivity index (χ4n) is 1.45.